The van der Waals surface area contributed by atoms with E-state index in [1.165, 1.54) is 0 Å². The first-order chi connectivity index (χ1) is 5.67. The number of hydrogen-bond acceptors (Lipinski definition) is 2. The van der Waals surface area contributed by atoms with Crippen LogP contribution in [0, 0.1) is 0 Å². The van der Waals surface area contributed by atoms with Gasteiger partial charge in [0.15, 0.2) is 0 Å². The first kappa shape index (κ1) is 9.92. The van der Waals surface area contributed by atoms with Crippen LogP contribution >= 0.6 is 0 Å². The Morgan fingerprint density at radius 2 is 1.92 bits per heavy atom. The monoisotopic (exact) mass is 195 g/mol. The van der Waals surface area contributed by atoms with E-state index in [-0.39, 0.29) is 11.8 Å². The number of halogens is 1. The zero-order valence-corrected chi connectivity index (χ0v) is 7.74. The van der Waals surface area contributed by atoms with Gasteiger partial charge in [0.1, 0.15) is 6.67 Å². The Hall–Kier alpha value is -0.160. The summed E-state index contributed by atoms with van der Waals surface area (Å²) in [6, 6.07) is 0. The molecule has 1 aliphatic carbocycles. The molecule has 0 aromatic carbocycles. The summed E-state index contributed by atoms with van der Waals surface area (Å²) in [5.74, 6) is 0. The second-order valence-electron chi connectivity index (χ2n) is 3.03. The first-order valence-electron chi connectivity index (χ1n) is 4.21. The summed E-state index contributed by atoms with van der Waals surface area (Å²) in [6.07, 6.45) is 3.39. The minimum Gasteiger partial charge on any atom is -0.250 e. The highest BCUT2D eigenvalue weighted by atomic mass is 32.2. The molecule has 1 rings (SSSR count). The zero-order valence-electron chi connectivity index (χ0n) is 6.92. The van der Waals surface area contributed by atoms with Crippen molar-refractivity contribution in [3.63, 3.8) is 0 Å². The molecule has 0 aromatic heterocycles. The molecular formula is C7H14FNO2S. The maximum Gasteiger partial charge on any atom is 0.214 e. The van der Waals surface area contributed by atoms with Crippen LogP contribution in [0.2, 0.25) is 0 Å². The Bertz CT molecular complexity index is 222. The van der Waals surface area contributed by atoms with Crippen molar-refractivity contribution in [1.82, 2.24) is 4.72 Å². The lowest BCUT2D eigenvalue weighted by Crippen LogP contribution is -2.33. The van der Waals surface area contributed by atoms with Crippen molar-refractivity contribution in [3.05, 3.63) is 0 Å². The minimum absolute atomic E-state index is 0.0845. The molecule has 1 aliphatic rings. The van der Waals surface area contributed by atoms with Gasteiger partial charge >= 0.3 is 0 Å². The fourth-order valence-electron chi connectivity index (χ4n) is 1.50. The van der Waals surface area contributed by atoms with E-state index in [1.54, 1.807) is 0 Å². The van der Waals surface area contributed by atoms with Gasteiger partial charge in [0.05, 0.1) is 5.25 Å². The molecular weight excluding hydrogens is 181 g/mol. The van der Waals surface area contributed by atoms with Gasteiger partial charge in [-0.25, -0.2) is 17.5 Å². The third-order valence-corrected chi connectivity index (χ3v) is 4.09. The van der Waals surface area contributed by atoms with Gasteiger partial charge in [-0.3, -0.25) is 0 Å². The highest BCUT2D eigenvalue weighted by Crippen LogP contribution is 2.23. The molecule has 0 heterocycles. The van der Waals surface area contributed by atoms with E-state index in [4.69, 9.17) is 0 Å². The molecule has 1 saturated carbocycles. The smallest absolute Gasteiger partial charge is 0.214 e. The van der Waals surface area contributed by atoms with Gasteiger partial charge in [-0.1, -0.05) is 12.8 Å². The van der Waals surface area contributed by atoms with E-state index >= 15 is 0 Å². The predicted molar refractivity (Wildman–Crippen MR) is 45.2 cm³/mol. The quantitative estimate of drug-likeness (QED) is 0.721. The van der Waals surface area contributed by atoms with Crippen LogP contribution in [0.15, 0.2) is 0 Å². The minimum atomic E-state index is -3.21. The van der Waals surface area contributed by atoms with E-state index in [9.17, 15) is 12.8 Å². The molecule has 1 fully saturated rings. The fraction of sp³-hybridized carbons (Fsp3) is 1.00. The molecule has 72 valence electrons. The van der Waals surface area contributed by atoms with Crippen LogP contribution in [-0.4, -0.2) is 26.9 Å². The SMILES string of the molecule is O=S(=O)(NCCF)C1CCCC1. The van der Waals surface area contributed by atoms with Crippen LogP contribution in [0.3, 0.4) is 0 Å². The van der Waals surface area contributed by atoms with Crippen molar-refractivity contribution in [2.45, 2.75) is 30.9 Å². The number of rotatable bonds is 4. The molecule has 0 amide bonds. The molecule has 0 aliphatic heterocycles. The lowest BCUT2D eigenvalue weighted by molar-refractivity contribution is 0.484. The molecule has 0 aromatic rings. The first-order valence-corrected chi connectivity index (χ1v) is 5.76. The van der Waals surface area contributed by atoms with Gasteiger partial charge in [-0.2, -0.15) is 0 Å². The molecule has 0 saturated heterocycles. The van der Waals surface area contributed by atoms with Crippen molar-refractivity contribution in [2.75, 3.05) is 13.2 Å². The maximum atomic E-state index is 11.7. The maximum absolute atomic E-state index is 11.7. The van der Waals surface area contributed by atoms with Crippen molar-refractivity contribution >= 4 is 10.0 Å². The molecule has 0 bridgehead atoms. The van der Waals surface area contributed by atoms with E-state index in [1.807, 2.05) is 0 Å². The summed E-state index contributed by atoms with van der Waals surface area (Å²) in [4.78, 5) is 0. The van der Waals surface area contributed by atoms with Crippen molar-refractivity contribution in [3.8, 4) is 0 Å². The average molecular weight is 195 g/mol. The summed E-state index contributed by atoms with van der Waals surface area (Å²) in [5, 5.41) is -0.274. The number of nitrogens with one attached hydrogen (secondary N) is 1. The molecule has 1 N–H and O–H groups in total. The summed E-state index contributed by atoms with van der Waals surface area (Å²) in [6.45, 7) is -0.717. The fourth-order valence-corrected chi connectivity index (χ4v) is 3.05. The third-order valence-electron chi connectivity index (χ3n) is 2.14. The predicted octanol–water partition coefficient (Wildman–Crippen LogP) is 0.818. The summed E-state index contributed by atoms with van der Waals surface area (Å²) >= 11 is 0. The van der Waals surface area contributed by atoms with Crippen LogP contribution < -0.4 is 4.72 Å². The Labute approximate surface area is 72.4 Å². The van der Waals surface area contributed by atoms with Gasteiger partial charge in [0, 0.05) is 6.54 Å². The van der Waals surface area contributed by atoms with E-state index in [2.05, 4.69) is 4.72 Å². The Morgan fingerprint density at radius 1 is 1.33 bits per heavy atom. The standard InChI is InChI=1S/C7H14FNO2S/c8-5-6-9-12(10,11)7-3-1-2-4-7/h7,9H,1-6H2. The lowest BCUT2D eigenvalue weighted by atomic mass is 10.4. The average Bonchev–Trinajstić information content (AvgIpc) is 2.53. The second-order valence-corrected chi connectivity index (χ2v) is 5.08. The molecule has 0 radical (unpaired) electrons. The summed E-state index contributed by atoms with van der Waals surface area (Å²) in [7, 11) is -3.21. The molecule has 5 heteroatoms. The van der Waals surface area contributed by atoms with E-state index in [0.29, 0.717) is 0 Å². The zero-order chi connectivity index (χ0) is 9.03. The Morgan fingerprint density at radius 3 is 2.42 bits per heavy atom. The van der Waals surface area contributed by atoms with Crippen LogP contribution in [0.4, 0.5) is 4.39 Å². The van der Waals surface area contributed by atoms with Crippen LogP contribution in [0.25, 0.3) is 0 Å². The largest absolute Gasteiger partial charge is 0.250 e. The highest BCUT2D eigenvalue weighted by Gasteiger charge is 2.27. The Balaban J connectivity index is 2.46. The van der Waals surface area contributed by atoms with Crippen LogP contribution in [-0.2, 0) is 10.0 Å². The molecule has 3 nitrogen and oxygen atoms in total. The normalized spacial score (nSPS) is 20.1. The third kappa shape index (κ3) is 2.42. The van der Waals surface area contributed by atoms with Gasteiger partial charge in [0.25, 0.3) is 0 Å². The van der Waals surface area contributed by atoms with Crippen LogP contribution in [0.5, 0.6) is 0 Å². The molecule has 0 atom stereocenters. The molecule has 12 heavy (non-hydrogen) atoms. The topological polar surface area (TPSA) is 46.2 Å². The molecule has 0 unspecified atom stereocenters. The summed E-state index contributed by atoms with van der Waals surface area (Å²) in [5.41, 5.74) is 0. The second kappa shape index (κ2) is 4.18. The Kier molecular flexibility index (Phi) is 3.46. The van der Waals surface area contributed by atoms with Gasteiger partial charge in [0.2, 0.25) is 10.0 Å². The van der Waals surface area contributed by atoms with E-state index < -0.39 is 16.7 Å². The van der Waals surface area contributed by atoms with Crippen molar-refractivity contribution in [2.24, 2.45) is 0 Å². The molecule has 0 spiro atoms. The van der Waals surface area contributed by atoms with Gasteiger partial charge in [-0.05, 0) is 12.8 Å². The van der Waals surface area contributed by atoms with Gasteiger partial charge in [-0.15, -0.1) is 0 Å². The van der Waals surface area contributed by atoms with Gasteiger partial charge < -0.3 is 0 Å². The number of alkyl halides is 1. The summed E-state index contributed by atoms with van der Waals surface area (Å²) < 4.78 is 36.6. The lowest BCUT2D eigenvalue weighted by Gasteiger charge is -2.10. The number of sulfonamides is 1. The van der Waals surface area contributed by atoms with Crippen molar-refractivity contribution in [1.29, 1.82) is 0 Å². The van der Waals surface area contributed by atoms with Crippen molar-refractivity contribution < 1.29 is 12.8 Å². The number of hydrogen-bond donors (Lipinski definition) is 1. The van der Waals surface area contributed by atoms with Crippen LogP contribution in [0.1, 0.15) is 25.7 Å². The van der Waals surface area contributed by atoms with E-state index in [0.717, 1.165) is 25.7 Å². The highest BCUT2D eigenvalue weighted by molar-refractivity contribution is 7.90.